The molecule has 4 heterocycles. The van der Waals surface area contributed by atoms with Crippen LogP contribution in [0.3, 0.4) is 0 Å². The number of para-hydroxylation sites is 1. The summed E-state index contributed by atoms with van der Waals surface area (Å²) in [4.78, 5) is 23.8. The Morgan fingerprint density at radius 1 is 1.18 bits per heavy atom. The van der Waals surface area contributed by atoms with Crippen LogP contribution >= 0.6 is 15.9 Å². The third kappa shape index (κ3) is 5.04. The molecule has 8 nitrogen and oxygen atoms in total. The fourth-order valence-electron chi connectivity index (χ4n) is 4.18. The third-order valence-corrected chi connectivity index (χ3v) is 6.50. The number of amides is 1. The topological polar surface area (TPSA) is 84.7 Å². The number of ether oxygens (including phenoxy) is 1. The Hall–Kier alpha value is -3.46. The molecule has 174 valence electrons. The lowest BCUT2D eigenvalue weighted by molar-refractivity contribution is -0.134. The summed E-state index contributed by atoms with van der Waals surface area (Å²) in [5.41, 5.74) is 2.78. The summed E-state index contributed by atoms with van der Waals surface area (Å²) in [6.45, 7) is 2.01. The van der Waals surface area contributed by atoms with E-state index >= 15 is 0 Å². The number of carbonyl (C=O) groups excluding carboxylic acids is 1. The number of pyridine rings is 1. The third-order valence-electron chi connectivity index (χ3n) is 5.94. The van der Waals surface area contributed by atoms with Crippen molar-refractivity contribution >= 4 is 33.3 Å². The van der Waals surface area contributed by atoms with Crippen molar-refractivity contribution in [3.05, 3.63) is 82.9 Å². The van der Waals surface area contributed by atoms with Gasteiger partial charge in [0.25, 0.3) is 5.91 Å². The van der Waals surface area contributed by atoms with Gasteiger partial charge >= 0.3 is 0 Å². The molecule has 4 aromatic rings. The lowest BCUT2D eigenvalue weighted by Gasteiger charge is -2.32. The zero-order valence-corrected chi connectivity index (χ0v) is 20.2. The zero-order chi connectivity index (χ0) is 23.3. The monoisotopic (exact) mass is 520 g/mol. The second-order valence-corrected chi connectivity index (χ2v) is 9.14. The Kier molecular flexibility index (Phi) is 6.71. The highest BCUT2D eigenvalue weighted by Gasteiger charge is 2.27. The number of carbonyl (C=O) groups is 1. The first kappa shape index (κ1) is 22.3. The molecule has 1 atom stereocenters. The number of nitrogens with one attached hydrogen (secondary N) is 1. The van der Waals surface area contributed by atoms with E-state index in [1.807, 2.05) is 59.6 Å². The van der Waals surface area contributed by atoms with Crippen molar-refractivity contribution in [3.8, 4) is 5.75 Å². The van der Waals surface area contributed by atoms with Crippen LogP contribution in [0.25, 0.3) is 5.65 Å². The van der Waals surface area contributed by atoms with E-state index in [4.69, 9.17) is 9.72 Å². The largest absolute Gasteiger partial charge is 0.484 e. The van der Waals surface area contributed by atoms with Gasteiger partial charge in [0.2, 0.25) is 0 Å². The van der Waals surface area contributed by atoms with Crippen molar-refractivity contribution < 1.29 is 9.53 Å². The van der Waals surface area contributed by atoms with Gasteiger partial charge in [-0.15, -0.1) is 0 Å². The molecular formula is C25H25BrN6O2. The van der Waals surface area contributed by atoms with E-state index in [9.17, 15) is 4.79 Å². The maximum atomic E-state index is 12.8. The smallest absolute Gasteiger partial charge is 0.260 e. The summed E-state index contributed by atoms with van der Waals surface area (Å²) in [6.07, 6.45) is 7.25. The molecule has 1 aromatic carbocycles. The SMILES string of the molecule is O=C(COc1ccccc1)N1CCCC(c2cc(NCc3cccnc3)n3ncc(Br)c3n2)C1. The van der Waals surface area contributed by atoms with Crippen LogP contribution in [-0.4, -0.2) is 50.1 Å². The molecule has 0 radical (unpaired) electrons. The van der Waals surface area contributed by atoms with Gasteiger partial charge in [-0.2, -0.15) is 9.61 Å². The van der Waals surface area contributed by atoms with Crippen LogP contribution in [-0.2, 0) is 11.3 Å². The average Bonchev–Trinajstić information content (AvgIpc) is 3.28. The van der Waals surface area contributed by atoms with Crippen LogP contribution in [0.1, 0.15) is 30.0 Å². The number of nitrogens with zero attached hydrogens (tertiary/aromatic N) is 5. The quantitative estimate of drug-likeness (QED) is 0.391. The summed E-state index contributed by atoms with van der Waals surface area (Å²) in [6, 6.07) is 15.4. The first-order valence-electron chi connectivity index (χ1n) is 11.3. The Bertz CT molecular complexity index is 1260. The number of aromatic nitrogens is 4. The number of piperidine rings is 1. The predicted molar refractivity (Wildman–Crippen MR) is 133 cm³/mol. The molecule has 1 amide bonds. The molecule has 1 aliphatic heterocycles. The zero-order valence-electron chi connectivity index (χ0n) is 18.6. The van der Waals surface area contributed by atoms with Crippen molar-refractivity contribution in [1.29, 1.82) is 0 Å². The average molecular weight is 521 g/mol. The molecule has 0 aliphatic carbocycles. The molecule has 0 spiro atoms. The van der Waals surface area contributed by atoms with Gasteiger partial charge in [-0.3, -0.25) is 9.78 Å². The minimum absolute atomic E-state index is 0.00455. The highest BCUT2D eigenvalue weighted by Crippen LogP contribution is 2.30. The van der Waals surface area contributed by atoms with Crippen LogP contribution in [0.4, 0.5) is 5.82 Å². The van der Waals surface area contributed by atoms with Gasteiger partial charge in [-0.25, -0.2) is 4.98 Å². The van der Waals surface area contributed by atoms with Crippen LogP contribution in [0.15, 0.2) is 71.6 Å². The molecule has 5 rings (SSSR count). The van der Waals surface area contributed by atoms with Gasteiger partial charge in [-0.1, -0.05) is 24.3 Å². The van der Waals surface area contributed by atoms with E-state index < -0.39 is 0 Å². The van der Waals surface area contributed by atoms with Crippen LogP contribution < -0.4 is 10.1 Å². The van der Waals surface area contributed by atoms with Crippen molar-refractivity contribution in [3.63, 3.8) is 0 Å². The Morgan fingerprint density at radius 3 is 2.88 bits per heavy atom. The maximum absolute atomic E-state index is 12.8. The van der Waals surface area contributed by atoms with E-state index in [0.29, 0.717) is 18.8 Å². The minimum Gasteiger partial charge on any atom is -0.484 e. The van der Waals surface area contributed by atoms with Gasteiger partial charge in [0, 0.05) is 44.0 Å². The fraction of sp³-hybridized carbons (Fsp3) is 0.280. The molecule has 1 saturated heterocycles. The molecule has 1 N–H and O–H groups in total. The number of likely N-dealkylation sites (tertiary alicyclic amines) is 1. The van der Waals surface area contributed by atoms with Crippen LogP contribution in [0.5, 0.6) is 5.75 Å². The lowest BCUT2D eigenvalue weighted by Crippen LogP contribution is -2.41. The minimum atomic E-state index is -0.00455. The summed E-state index contributed by atoms with van der Waals surface area (Å²) in [5, 5.41) is 7.93. The number of anilines is 1. The summed E-state index contributed by atoms with van der Waals surface area (Å²) in [7, 11) is 0. The molecule has 1 aliphatic rings. The molecule has 0 saturated carbocycles. The predicted octanol–water partition coefficient (Wildman–Crippen LogP) is 4.28. The number of hydrogen-bond donors (Lipinski definition) is 1. The summed E-state index contributed by atoms with van der Waals surface area (Å²) in [5.74, 6) is 1.69. The normalized spacial score (nSPS) is 15.9. The second kappa shape index (κ2) is 10.2. The van der Waals surface area contributed by atoms with E-state index in [1.54, 1.807) is 16.9 Å². The van der Waals surface area contributed by atoms with E-state index in [2.05, 4.69) is 31.3 Å². The molecular weight excluding hydrogens is 496 g/mol. The first-order chi connectivity index (χ1) is 16.7. The Balaban J connectivity index is 1.32. The standard InChI is InChI=1S/C25H25BrN6O2/c26-21-15-29-32-23(28-14-18-6-4-10-27-13-18)12-22(30-25(21)32)19-7-5-11-31(16-19)24(33)17-34-20-8-2-1-3-9-20/h1-4,6,8-10,12-13,15,19,28H,5,7,11,14,16-17H2. The molecule has 1 unspecified atom stereocenters. The van der Waals surface area contributed by atoms with Gasteiger partial charge in [0.1, 0.15) is 11.6 Å². The summed E-state index contributed by atoms with van der Waals surface area (Å²) >= 11 is 3.57. The molecule has 1 fully saturated rings. The van der Waals surface area contributed by atoms with Gasteiger partial charge < -0.3 is 15.0 Å². The lowest BCUT2D eigenvalue weighted by atomic mass is 9.94. The molecule has 34 heavy (non-hydrogen) atoms. The van der Waals surface area contributed by atoms with Gasteiger partial charge in [0.05, 0.1) is 16.4 Å². The van der Waals surface area contributed by atoms with Crippen molar-refractivity contribution in [2.24, 2.45) is 0 Å². The highest BCUT2D eigenvalue weighted by molar-refractivity contribution is 9.10. The van der Waals surface area contributed by atoms with Gasteiger partial charge in [0.15, 0.2) is 12.3 Å². The second-order valence-electron chi connectivity index (χ2n) is 8.29. The van der Waals surface area contributed by atoms with E-state index in [0.717, 1.165) is 46.6 Å². The van der Waals surface area contributed by atoms with Crippen LogP contribution in [0.2, 0.25) is 0 Å². The highest BCUT2D eigenvalue weighted by atomic mass is 79.9. The number of benzene rings is 1. The van der Waals surface area contributed by atoms with Crippen molar-refractivity contribution in [2.45, 2.75) is 25.3 Å². The number of halogens is 1. The Morgan fingerprint density at radius 2 is 2.06 bits per heavy atom. The van der Waals surface area contributed by atoms with E-state index in [1.165, 1.54) is 0 Å². The maximum Gasteiger partial charge on any atom is 0.260 e. The molecule has 3 aromatic heterocycles. The molecule has 9 heteroatoms. The molecule has 0 bridgehead atoms. The number of rotatable bonds is 7. The van der Waals surface area contributed by atoms with Gasteiger partial charge in [-0.05, 0) is 52.5 Å². The Labute approximate surface area is 206 Å². The fourth-order valence-corrected chi connectivity index (χ4v) is 4.53. The van der Waals surface area contributed by atoms with Crippen molar-refractivity contribution in [1.82, 2.24) is 24.5 Å². The number of hydrogen-bond acceptors (Lipinski definition) is 6. The van der Waals surface area contributed by atoms with E-state index in [-0.39, 0.29) is 18.4 Å². The summed E-state index contributed by atoms with van der Waals surface area (Å²) < 4.78 is 8.31. The first-order valence-corrected chi connectivity index (χ1v) is 12.1. The number of fused-ring (bicyclic) bond motifs is 1. The van der Waals surface area contributed by atoms with Crippen LogP contribution in [0, 0.1) is 0 Å². The van der Waals surface area contributed by atoms with Crippen molar-refractivity contribution in [2.75, 3.05) is 25.0 Å².